The van der Waals surface area contributed by atoms with Gasteiger partial charge < -0.3 is 9.64 Å². The third-order valence-electron chi connectivity index (χ3n) is 5.15. The molecule has 2 aliphatic heterocycles. The van der Waals surface area contributed by atoms with Gasteiger partial charge in [-0.15, -0.1) is 11.3 Å². The van der Waals surface area contributed by atoms with E-state index in [9.17, 15) is 4.79 Å². The third-order valence-corrected chi connectivity index (χ3v) is 6.07. The van der Waals surface area contributed by atoms with Crippen LogP contribution in [-0.2, 0) is 16.1 Å². The van der Waals surface area contributed by atoms with E-state index in [0.29, 0.717) is 13.2 Å². The molecule has 132 valence electrons. The molecule has 3 heterocycles. The van der Waals surface area contributed by atoms with E-state index in [1.165, 1.54) is 4.88 Å². The number of carbonyl (C=O) groups is 1. The summed E-state index contributed by atoms with van der Waals surface area (Å²) in [6, 6.07) is 9.93. The van der Waals surface area contributed by atoms with Crippen molar-refractivity contribution in [1.82, 2.24) is 9.88 Å². The number of aryl methyl sites for hydroxylation is 1. The second-order valence-electron chi connectivity index (χ2n) is 6.73. The molecule has 4 rings (SSSR count). The maximum absolute atomic E-state index is 13.1. The Bertz CT molecular complexity index is 733. The number of anilines is 1. The van der Waals surface area contributed by atoms with Crippen LogP contribution in [0.3, 0.4) is 0 Å². The molecule has 0 spiro atoms. The van der Waals surface area contributed by atoms with Gasteiger partial charge in [-0.2, -0.15) is 0 Å². The third kappa shape index (κ3) is 3.47. The Kier molecular flexibility index (Phi) is 4.83. The number of nitrogens with zero attached hydrogens (tertiary/aromatic N) is 3. The number of piperidine rings is 1. The van der Waals surface area contributed by atoms with E-state index >= 15 is 0 Å². The molecule has 0 unspecified atom stereocenters. The zero-order chi connectivity index (χ0) is 17.2. The quantitative estimate of drug-likeness (QED) is 0.847. The Morgan fingerprint density at radius 3 is 2.88 bits per heavy atom. The number of para-hydroxylation sites is 1. The van der Waals surface area contributed by atoms with Gasteiger partial charge in [0.15, 0.2) is 0 Å². The summed E-state index contributed by atoms with van der Waals surface area (Å²) in [5.74, 6) is 0.170. The lowest BCUT2D eigenvalue weighted by atomic mass is 9.92. The Morgan fingerprint density at radius 1 is 1.28 bits per heavy atom. The first-order valence-electron chi connectivity index (χ1n) is 8.82. The van der Waals surface area contributed by atoms with Crippen molar-refractivity contribution in [3.05, 3.63) is 46.4 Å². The van der Waals surface area contributed by atoms with Gasteiger partial charge in [-0.25, -0.2) is 4.98 Å². The Balaban J connectivity index is 1.46. The maximum Gasteiger partial charge on any atom is 0.232 e. The Morgan fingerprint density at radius 2 is 2.12 bits per heavy atom. The van der Waals surface area contributed by atoms with Crippen molar-refractivity contribution in [2.75, 3.05) is 31.1 Å². The first kappa shape index (κ1) is 16.7. The highest BCUT2D eigenvalue weighted by molar-refractivity contribution is 7.09. The van der Waals surface area contributed by atoms with Gasteiger partial charge in [0.1, 0.15) is 0 Å². The predicted molar refractivity (Wildman–Crippen MR) is 98.8 cm³/mol. The summed E-state index contributed by atoms with van der Waals surface area (Å²) in [4.78, 5) is 23.0. The largest absolute Gasteiger partial charge is 0.374 e. The van der Waals surface area contributed by atoms with Crippen LogP contribution in [-0.4, -0.2) is 48.1 Å². The van der Waals surface area contributed by atoms with E-state index in [1.54, 1.807) is 11.3 Å². The zero-order valence-electron chi connectivity index (χ0n) is 14.4. The Hall–Kier alpha value is -1.76. The molecule has 2 aliphatic rings. The fourth-order valence-corrected chi connectivity index (χ4v) is 4.55. The first-order chi connectivity index (χ1) is 12.2. The topological polar surface area (TPSA) is 45.7 Å². The average Bonchev–Trinajstić information content (AvgIpc) is 2.96. The minimum Gasteiger partial charge on any atom is -0.374 e. The van der Waals surface area contributed by atoms with Gasteiger partial charge in [-0.3, -0.25) is 9.69 Å². The summed E-state index contributed by atoms with van der Waals surface area (Å²) in [5, 5.41) is 0. The van der Waals surface area contributed by atoms with Crippen LogP contribution >= 0.6 is 11.3 Å². The van der Waals surface area contributed by atoms with Crippen molar-refractivity contribution in [3.63, 3.8) is 0 Å². The van der Waals surface area contributed by atoms with Crippen molar-refractivity contribution in [1.29, 1.82) is 0 Å². The fourth-order valence-electron chi connectivity index (χ4n) is 3.73. The number of hydrogen-bond acceptors (Lipinski definition) is 5. The van der Waals surface area contributed by atoms with Crippen LogP contribution in [0.2, 0.25) is 0 Å². The summed E-state index contributed by atoms with van der Waals surface area (Å²) in [5.41, 5.74) is 3.99. The second-order valence-corrected chi connectivity index (χ2v) is 7.67. The average molecular weight is 357 g/mol. The Labute approximate surface area is 152 Å². The van der Waals surface area contributed by atoms with Crippen LogP contribution in [0.15, 0.2) is 35.8 Å². The van der Waals surface area contributed by atoms with E-state index in [2.05, 4.69) is 16.8 Å². The molecular weight excluding hydrogens is 334 g/mol. The highest BCUT2D eigenvalue weighted by Crippen LogP contribution is 2.29. The monoisotopic (exact) mass is 357 g/mol. The van der Waals surface area contributed by atoms with E-state index < -0.39 is 0 Å². The number of rotatable bonds is 3. The highest BCUT2D eigenvalue weighted by atomic mass is 32.1. The molecule has 0 bridgehead atoms. The lowest BCUT2D eigenvalue weighted by molar-refractivity contribution is -0.128. The van der Waals surface area contributed by atoms with Crippen LogP contribution in [0.1, 0.15) is 17.0 Å². The molecule has 5 nitrogen and oxygen atoms in total. The molecule has 2 aromatic rings. The predicted octanol–water partition coefficient (Wildman–Crippen LogP) is 2.71. The molecule has 2 atom stereocenters. The maximum atomic E-state index is 13.1. The number of carbonyl (C=O) groups excluding carboxylic acids is 1. The number of fused-ring (bicyclic) bond motifs is 1. The number of benzene rings is 1. The van der Waals surface area contributed by atoms with Gasteiger partial charge in [-0.05, 0) is 32.0 Å². The summed E-state index contributed by atoms with van der Waals surface area (Å²) >= 11 is 1.71. The fraction of sp³-hybridized carbons (Fsp3) is 0.474. The summed E-state index contributed by atoms with van der Waals surface area (Å²) < 4.78 is 6.09. The van der Waals surface area contributed by atoms with Gasteiger partial charge in [0.2, 0.25) is 5.91 Å². The standard InChI is InChI=1S/C19H23N3O2S/c1-14-18(25-13-20-14)12-21-8-7-16-17(11-21)24-10-9-22(19(16)23)15-5-3-2-4-6-15/h2-6,13,16-17H,7-12H2,1H3/t16-,17+/m1/s1. The number of aromatic nitrogens is 1. The minimum absolute atomic E-state index is 0.0109. The number of amides is 1. The SMILES string of the molecule is Cc1ncsc1CN1CC[C@H]2C(=O)N(c3ccccc3)CCO[C@H]2C1. The molecular formula is C19H23N3O2S. The lowest BCUT2D eigenvalue weighted by Gasteiger charge is -2.37. The molecule has 0 radical (unpaired) electrons. The van der Waals surface area contributed by atoms with E-state index in [-0.39, 0.29) is 17.9 Å². The smallest absolute Gasteiger partial charge is 0.232 e. The van der Waals surface area contributed by atoms with Crippen LogP contribution < -0.4 is 4.90 Å². The summed E-state index contributed by atoms with van der Waals surface area (Å²) in [7, 11) is 0. The van der Waals surface area contributed by atoms with Crippen molar-refractivity contribution in [2.45, 2.75) is 26.0 Å². The van der Waals surface area contributed by atoms with Gasteiger partial charge in [-0.1, -0.05) is 18.2 Å². The van der Waals surface area contributed by atoms with Crippen LogP contribution in [0.5, 0.6) is 0 Å². The second kappa shape index (κ2) is 7.23. The summed E-state index contributed by atoms with van der Waals surface area (Å²) in [6.45, 7) is 5.92. The van der Waals surface area contributed by atoms with Crippen molar-refractivity contribution in [2.24, 2.45) is 5.92 Å². The zero-order valence-corrected chi connectivity index (χ0v) is 15.2. The highest BCUT2D eigenvalue weighted by Gasteiger charge is 2.39. The van der Waals surface area contributed by atoms with Crippen molar-refractivity contribution < 1.29 is 9.53 Å². The molecule has 2 fully saturated rings. The lowest BCUT2D eigenvalue weighted by Crippen LogP contribution is -2.49. The van der Waals surface area contributed by atoms with Gasteiger partial charge in [0, 0.05) is 30.2 Å². The number of ether oxygens (including phenoxy) is 1. The molecule has 1 aromatic heterocycles. The normalized spacial score (nSPS) is 24.8. The number of thiazole rings is 1. The van der Waals surface area contributed by atoms with E-state index in [4.69, 9.17) is 4.74 Å². The van der Waals surface area contributed by atoms with Crippen LogP contribution in [0.4, 0.5) is 5.69 Å². The van der Waals surface area contributed by atoms with Gasteiger partial charge in [0.25, 0.3) is 0 Å². The number of hydrogen-bond donors (Lipinski definition) is 0. The van der Waals surface area contributed by atoms with Gasteiger partial charge in [0.05, 0.1) is 29.8 Å². The van der Waals surface area contributed by atoms with Gasteiger partial charge >= 0.3 is 0 Å². The molecule has 0 aliphatic carbocycles. The molecule has 1 aromatic carbocycles. The molecule has 0 saturated carbocycles. The summed E-state index contributed by atoms with van der Waals surface area (Å²) in [6.07, 6.45) is 0.841. The molecule has 25 heavy (non-hydrogen) atoms. The number of likely N-dealkylation sites (tertiary alicyclic amines) is 1. The van der Waals surface area contributed by atoms with E-state index in [0.717, 1.165) is 37.4 Å². The van der Waals surface area contributed by atoms with Crippen LogP contribution in [0, 0.1) is 12.8 Å². The van der Waals surface area contributed by atoms with Crippen molar-refractivity contribution in [3.8, 4) is 0 Å². The van der Waals surface area contributed by atoms with Crippen LogP contribution in [0.25, 0.3) is 0 Å². The molecule has 1 amide bonds. The first-order valence-corrected chi connectivity index (χ1v) is 9.69. The molecule has 6 heteroatoms. The van der Waals surface area contributed by atoms with E-state index in [1.807, 2.05) is 40.7 Å². The minimum atomic E-state index is -0.0403. The van der Waals surface area contributed by atoms with Crippen molar-refractivity contribution >= 4 is 22.9 Å². The molecule has 2 saturated heterocycles. The molecule has 0 N–H and O–H groups in total.